The van der Waals surface area contributed by atoms with E-state index in [1.807, 2.05) is 24.4 Å². The van der Waals surface area contributed by atoms with Crippen molar-refractivity contribution in [2.45, 2.75) is 13.3 Å². The average molecular weight is 346 g/mol. The minimum Gasteiger partial charge on any atom is -0.497 e. The number of aromatic amines is 1. The molecule has 0 aliphatic heterocycles. The SMILES string of the molecule is CCOC(=O)c1nnsc1NCCc1c[nH]c2ccc(OC)cc12. The molecular formula is C16H18N4O3S. The second kappa shape index (κ2) is 7.31. The number of hydrogen-bond donors (Lipinski definition) is 2. The number of anilines is 1. The van der Waals surface area contributed by atoms with Crippen molar-refractivity contribution in [3.63, 3.8) is 0 Å². The lowest BCUT2D eigenvalue weighted by molar-refractivity contribution is 0.0520. The fourth-order valence-corrected chi connectivity index (χ4v) is 3.02. The molecule has 0 aliphatic rings. The summed E-state index contributed by atoms with van der Waals surface area (Å²) < 4.78 is 14.1. The van der Waals surface area contributed by atoms with Crippen molar-refractivity contribution in [3.05, 3.63) is 35.7 Å². The molecule has 8 heteroatoms. The predicted molar refractivity (Wildman–Crippen MR) is 92.9 cm³/mol. The molecule has 0 atom stereocenters. The van der Waals surface area contributed by atoms with Gasteiger partial charge in [-0.05, 0) is 37.1 Å². The summed E-state index contributed by atoms with van der Waals surface area (Å²) in [5.74, 6) is 0.373. The third kappa shape index (κ3) is 3.33. The average Bonchev–Trinajstić information content (AvgIpc) is 3.22. The molecular weight excluding hydrogens is 328 g/mol. The number of nitrogens with one attached hydrogen (secondary N) is 2. The summed E-state index contributed by atoms with van der Waals surface area (Å²) in [4.78, 5) is 15.0. The first-order valence-electron chi connectivity index (χ1n) is 7.60. The smallest absolute Gasteiger partial charge is 0.362 e. The summed E-state index contributed by atoms with van der Waals surface area (Å²) in [6, 6.07) is 5.94. The van der Waals surface area contributed by atoms with Gasteiger partial charge in [-0.25, -0.2) is 4.79 Å². The Bertz CT molecular complexity index is 843. The minimum absolute atomic E-state index is 0.238. The number of ether oxygens (including phenoxy) is 2. The molecule has 0 spiro atoms. The molecule has 0 radical (unpaired) electrons. The topological polar surface area (TPSA) is 89.1 Å². The van der Waals surface area contributed by atoms with E-state index in [1.165, 1.54) is 5.56 Å². The van der Waals surface area contributed by atoms with Gasteiger partial charge in [0.15, 0.2) is 0 Å². The van der Waals surface area contributed by atoms with Gasteiger partial charge in [-0.2, -0.15) is 0 Å². The van der Waals surface area contributed by atoms with Gasteiger partial charge in [0.1, 0.15) is 10.8 Å². The first-order chi connectivity index (χ1) is 11.7. The summed E-state index contributed by atoms with van der Waals surface area (Å²) in [5.41, 5.74) is 2.48. The quantitative estimate of drug-likeness (QED) is 0.640. The van der Waals surface area contributed by atoms with Crippen molar-refractivity contribution >= 4 is 33.4 Å². The Balaban J connectivity index is 1.67. The van der Waals surface area contributed by atoms with Crippen molar-refractivity contribution in [1.82, 2.24) is 14.6 Å². The van der Waals surface area contributed by atoms with Crippen LogP contribution in [0.1, 0.15) is 23.0 Å². The number of carbonyl (C=O) groups is 1. The maximum Gasteiger partial charge on any atom is 0.362 e. The van der Waals surface area contributed by atoms with Crippen molar-refractivity contribution in [2.75, 3.05) is 25.6 Å². The van der Waals surface area contributed by atoms with Gasteiger partial charge in [0.05, 0.1) is 13.7 Å². The number of fused-ring (bicyclic) bond motifs is 1. The van der Waals surface area contributed by atoms with Crippen molar-refractivity contribution in [2.24, 2.45) is 0 Å². The number of benzene rings is 1. The van der Waals surface area contributed by atoms with Crippen molar-refractivity contribution in [3.8, 4) is 5.75 Å². The van der Waals surface area contributed by atoms with E-state index in [-0.39, 0.29) is 5.69 Å². The van der Waals surface area contributed by atoms with Crippen molar-refractivity contribution in [1.29, 1.82) is 0 Å². The second-order valence-electron chi connectivity index (χ2n) is 5.07. The van der Waals surface area contributed by atoms with Gasteiger partial charge < -0.3 is 19.8 Å². The van der Waals surface area contributed by atoms with E-state index in [1.54, 1.807) is 14.0 Å². The zero-order chi connectivity index (χ0) is 16.9. The Labute approximate surface area is 143 Å². The molecule has 0 unspecified atom stereocenters. The number of nitrogens with zero attached hydrogens (tertiary/aromatic N) is 2. The molecule has 2 aromatic heterocycles. The van der Waals surface area contributed by atoms with Gasteiger partial charge in [-0.3, -0.25) is 0 Å². The molecule has 0 fully saturated rings. The lowest BCUT2D eigenvalue weighted by atomic mass is 10.1. The van der Waals surface area contributed by atoms with Crippen LogP contribution in [0.3, 0.4) is 0 Å². The highest BCUT2D eigenvalue weighted by molar-refractivity contribution is 7.10. The van der Waals surface area contributed by atoms with Crippen LogP contribution in [0.2, 0.25) is 0 Å². The van der Waals surface area contributed by atoms with Crippen LogP contribution >= 0.6 is 11.5 Å². The summed E-state index contributed by atoms with van der Waals surface area (Å²) in [5, 5.41) is 8.80. The number of carbonyl (C=O) groups excluding carboxylic acids is 1. The first kappa shape index (κ1) is 16.3. The summed E-state index contributed by atoms with van der Waals surface area (Å²) >= 11 is 1.15. The number of methoxy groups -OCH3 is 1. The van der Waals surface area contributed by atoms with E-state index in [0.29, 0.717) is 18.2 Å². The standard InChI is InChI=1S/C16H18N4O3S/c1-3-23-16(21)14-15(24-20-19-14)17-7-6-10-9-18-13-5-4-11(22-2)8-12(10)13/h4-5,8-9,17-18H,3,6-7H2,1-2H3. The van der Waals surface area contributed by atoms with Crippen LogP contribution in [0.5, 0.6) is 5.75 Å². The summed E-state index contributed by atoms with van der Waals surface area (Å²) in [6.45, 7) is 2.73. The molecule has 0 saturated carbocycles. The van der Waals surface area contributed by atoms with E-state index < -0.39 is 5.97 Å². The van der Waals surface area contributed by atoms with Gasteiger partial charge >= 0.3 is 5.97 Å². The molecule has 3 aromatic rings. The molecule has 126 valence electrons. The van der Waals surface area contributed by atoms with E-state index in [2.05, 4.69) is 19.9 Å². The molecule has 0 bridgehead atoms. The Kier molecular flexibility index (Phi) is 4.95. The van der Waals surface area contributed by atoms with E-state index >= 15 is 0 Å². The zero-order valence-electron chi connectivity index (χ0n) is 13.5. The van der Waals surface area contributed by atoms with Crippen molar-refractivity contribution < 1.29 is 14.3 Å². The molecule has 7 nitrogen and oxygen atoms in total. The fourth-order valence-electron chi connectivity index (χ4n) is 2.44. The molecule has 3 rings (SSSR count). The minimum atomic E-state index is -0.453. The van der Waals surface area contributed by atoms with E-state index in [0.717, 1.165) is 34.6 Å². The lowest BCUT2D eigenvalue weighted by Gasteiger charge is -2.05. The highest BCUT2D eigenvalue weighted by Crippen LogP contribution is 2.24. The lowest BCUT2D eigenvalue weighted by Crippen LogP contribution is -2.10. The van der Waals surface area contributed by atoms with Crippen LogP contribution in [-0.2, 0) is 11.2 Å². The molecule has 0 amide bonds. The van der Waals surface area contributed by atoms with E-state index in [9.17, 15) is 4.79 Å². The number of aromatic nitrogens is 3. The maximum atomic E-state index is 11.8. The Morgan fingerprint density at radius 2 is 2.29 bits per heavy atom. The van der Waals surface area contributed by atoms with Crippen LogP contribution in [0.15, 0.2) is 24.4 Å². The van der Waals surface area contributed by atoms with Crippen LogP contribution in [-0.4, -0.2) is 40.8 Å². The normalized spacial score (nSPS) is 10.8. The number of hydrogen-bond acceptors (Lipinski definition) is 7. The Morgan fingerprint density at radius 3 is 3.08 bits per heavy atom. The molecule has 0 aliphatic carbocycles. The van der Waals surface area contributed by atoms with Crippen LogP contribution in [0.25, 0.3) is 10.9 Å². The molecule has 1 aromatic carbocycles. The van der Waals surface area contributed by atoms with Crippen LogP contribution < -0.4 is 10.1 Å². The molecule has 24 heavy (non-hydrogen) atoms. The number of esters is 1. The van der Waals surface area contributed by atoms with Gasteiger partial charge in [-0.1, -0.05) is 4.49 Å². The van der Waals surface area contributed by atoms with Crippen LogP contribution in [0.4, 0.5) is 5.00 Å². The highest BCUT2D eigenvalue weighted by atomic mass is 32.1. The third-order valence-electron chi connectivity index (χ3n) is 3.61. The Morgan fingerprint density at radius 1 is 1.42 bits per heavy atom. The van der Waals surface area contributed by atoms with E-state index in [4.69, 9.17) is 9.47 Å². The van der Waals surface area contributed by atoms with Gasteiger partial charge in [0.25, 0.3) is 0 Å². The zero-order valence-corrected chi connectivity index (χ0v) is 14.3. The van der Waals surface area contributed by atoms with Crippen LogP contribution in [0, 0.1) is 0 Å². The monoisotopic (exact) mass is 346 g/mol. The summed E-state index contributed by atoms with van der Waals surface area (Å²) in [7, 11) is 1.66. The van der Waals surface area contributed by atoms with Gasteiger partial charge in [0.2, 0.25) is 5.69 Å². The predicted octanol–water partition coefficient (Wildman–Crippen LogP) is 2.86. The first-order valence-corrected chi connectivity index (χ1v) is 8.37. The molecule has 2 N–H and O–H groups in total. The number of rotatable bonds is 7. The largest absolute Gasteiger partial charge is 0.497 e. The molecule has 0 saturated heterocycles. The molecule has 2 heterocycles. The number of H-pyrrole nitrogens is 1. The maximum absolute atomic E-state index is 11.8. The highest BCUT2D eigenvalue weighted by Gasteiger charge is 2.17. The Hall–Kier alpha value is -2.61. The van der Waals surface area contributed by atoms with Gasteiger partial charge in [-0.15, -0.1) is 5.10 Å². The second-order valence-corrected chi connectivity index (χ2v) is 5.83. The van der Waals surface area contributed by atoms with Gasteiger partial charge in [0, 0.05) is 35.2 Å². The fraction of sp³-hybridized carbons (Fsp3) is 0.312. The third-order valence-corrected chi connectivity index (χ3v) is 4.29. The summed E-state index contributed by atoms with van der Waals surface area (Å²) in [6.07, 6.45) is 2.77.